The Morgan fingerprint density at radius 1 is 0.478 bits per heavy atom. The van der Waals surface area contributed by atoms with Gasteiger partial charge in [0.1, 0.15) is 28.4 Å². The number of carbonyl (C=O) groups excluding carboxylic acids is 5. The highest BCUT2D eigenvalue weighted by Gasteiger charge is 2.29. The van der Waals surface area contributed by atoms with Gasteiger partial charge in [0.05, 0.1) is 34.5 Å². The average Bonchev–Trinajstić information content (AvgIpc) is 1.67. The van der Waals surface area contributed by atoms with Crippen molar-refractivity contribution in [3.8, 4) is 22.3 Å². The number of nitrogens with one attached hydrogen (secondary N) is 7. The number of aromatic nitrogens is 8. The Morgan fingerprint density at radius 2 is 0.878 bits per heavy atom. The number of anilines is 2. The van der Waals surface area contributed by atoms with E-state index in [1.54, 1.807) is 41.3 Å². The summed E-state index contributed by atoms with van der Waals surface area (Å²) in [6.45, 7) is 32.1. The molecule has 0 radical (unpaired) electrons. The lowest BCUT2D eigenvalue weighted by atomic mass is 9.96. The Balaban J connectivity index is 0.000000202. The van der Waals surface area contributed by atoms with Crippen LogP contribution in [0.25, 0.3) is 44.3 Å². The third-order valence-electron chi connectivity index (χ3n) is 21.7. The van der Waals surface area contributed by atoms with Crippen molar-refractivity contribution in [1.29, 1.82) is 0 Å². The van der Waals surface area contributed by atoms with Crippen LogP contribution < -0.4 is 37.2 Å². The van der Waals surface area contributed by atoms with Gasteiger partial charge in [0.2, 0.25) is 0 Å². The molecule has 0 aliphatic carbocycles. The van der Waals surface area contributed by atoms with E-state index in [1.807, 2.05) is 61.6 Å². The van der Waals surface area contributed by atoms with E-state index in [0.717, 1.165) is 173 Å². The second kappa shape index (κ2) is 38.4. The van der Waals surface area contributed by atoms with Crippen LogP contribution in [0.5, 0.6) is 0 Å². The normalized spacial score (nSPS) is 15.2. The first-order chi connectivity index (χ1) is 55.8. The molecule has 26 heteroatoms. The predicted molar refractivity (Wildman–Crippen MR) is 448 cm³/mol. The second-order valence-corrected chi connectivity index (χ2v) is 31.0. The zero-order chi connectivity index (χ0) is 80.5. The Hall–Kier alpha value is -11.0. The number of hydrogen-bond donors (Lipinski definition) is 7. The number of ether oxygens (including phenoxy) is 3. The molecule has 6 aromatic heterocycles. The Kier molecular flexibility index (Phi) is 27.4. The van der Waals surface area contributed by atoms with E-state index in [-0.39, 0.29) is 77.7 Å². The molecule has 7 N–H and O–H groups in total. The summed E-state index contributed by atoms with van der Waals surface area (Å²) in [4.78, 5) is 92.0. The van der Waals surface area contributed by atoms with Crippen LogP contribution in [0.1, 0.15) is 172 Å². The first-order valence-electron chi connectivity index (χ1n) is 40.8. The van der Waals surface area contributed by atoms with Gasteiger partial charge in [-0.05, 0) is 191 Å². The van der Waals surface area contributed by atoms with E-state index in [4.69, 9.17) is 24.2 Å². The van der Waals surface area contributed by atoms with Crippen molar-refractivity contribution < 1.29 is 38.2 Å². The van der Waals surface area contributed by atoms with Gasteiger partial charge in [0.15, 0.2) is 11.3 Å². The molecular formula is C89H110N18O8. The van der Waals surface area contributed by atoms with E-state index in [1.165, 1.54) is 16.7 Å². The summed E-state index contributed by atoms with van der Waals surface area (Å²) < 4.78 is 20.6. The highest BCUT2D eigenvalue weighted by Crippen LogP contribution is 2.35. The van der Waals surface area contributed by atoms with Gasteiger partial charge in [-0.3, -0.25) is 29.0 Å². The highest BCUT2D eigenvalue weighted by molar-refractivity contribution is 5.98. The molecule has 5 amide bonds. The molecule has 4 aliphatic heterocycles. The van der Waals surface area contributed by atoms with Crippen LogP contribution in [-0.2, 0) is 79.4 Å². The summed E-state index contributed by atoms with van der Waals surface area (Å²) in [5.41, 5.74) is 18.5. The van der Waals surface area contributed by atoms with Gasteiger partial charge in [-0.2, -0.15) is 10.2 Å². The van der Waals surface area contributed by atoms with Crippen molar-refractivity contribution in [1.82, 2.24) is 80.8 Å². The zero-order valence-electron chi connectivity index (χ0n) is 67.9. The standard InChI is InChI=1S/C47H59N9O5.C42H51N9O3/c1-7-39-37(42(51-35-17-23-60-24-18-35)38-29-50-56(8-2)43(38)53-39)28-49-45(58)41-14-10-13-40(52-41)44(57)48-27-32-16-15-31(3)36(26-32)34-12-9-11-33(25-34)30-54-19-21-55(22-20-54)46(59)61-47(4,5)6;1-4-36-34(39(47-32-14-20-54-21-15-32)35-26-46-51(5-2)40(35)49-36)25-45-42(53)38-11-7-10-37(48-38)41(52)44-24-29-13-12-28(3)33(23-29)31-9-6-8-30(22-31)27-50-18-16-43-17-19-50/h9-16,25-26,29,35H,7-8,17-24,27-28,30H2,1-6H3,(H,48,57)(H,49,58)(H,51,53);6-13,22-23,26,32,43H,4-5,14-21,24-25,27H2,1-3H3,(H,44,52)(H,45,53)(H,47,49). The van der Waals surface area contributed by atoms with Crippen molar-refractivity contribution in [2.75, 3.05) is 89.4 Å². The molecule has 26 nitrogen and oxygen atoms in total. The number of pyridine rings is 4. The minimum atomic E-state index is -0.511. The van der Waals surface area contributed by atoms with E-state index in [0.29, 0.717) is 78.5 Å². The number of carbonyl (C=O) groups is 5. The number of rotatable bonds is 26. The van der Waals surface area contributed by atoms with Crippen LogP contribution in [0, 0.1) is 13.8 Å². The number of benzene rings is 4. The first-order valence-corrected chi connectivity index (χ1v) is 40.8. The lowest BCUT2D eigenvalue weighted by Crippen LogP contribution is -2.49. The van der Waals surface area contributed by atoms with Gasteiger partial charge in [-0.15, -0.1) is 0 Å². The fourth-order valence-electron chi connectivity index (χ4n) is 15.3. The molecule has 10 aromatic rings. The van der Waals surface area contributed by atoms with Crippen LogP contribution in [0.3, 0.4) is 0 Å². The summed E-state index contributed by atoms with van der Waals surface area (Å²) in [6.07, 6.45) is 8.38. The van der Waals surface area contributed by atoms with Gasteiger partial charge in [0.25, 0.3) is 23.6 Å². The lowest BCUT2D eigenvalue weighted by Gasteiger charge is -2.35. The highest BCUT2D eigenvalue weighted by atomic mass is 16.6. The van der Waals surface area contributed by atoms with Crippen molar-refractivity contribution in [2.24, 2.45) is 0 Å². The van der Waals surface area contributed by atoms with Gasteiger partial charge >= 0.3 is 6.09 Å². The number of aryl methyl sites for hydroxylation is 6. The maximum Gasteiger partial charge on any atom is 0.410 e. The fourth-order valence-corrected chi connectivity index (χ4v) is 15.3. The fraction of sp³-hybridized carbons (Fsp3) is 0.427. The molecule has 0 spiro atoms. The van der Waals surface area contributed by atoms with Crippen molar-refractivity contribution in [2.45, 2.75) is 171 Å². The molecule has 0 atom stereocenters. The van der Waals surface area contributed by atoms with Crippen molar-refractivity contribution >= 4 is 63.2 Å². The van der Waals surface area contributed by atoms with Crippen molar-refractivity contribution in [3.05, 3.63) is 212 Å². The largest absolute Gasteiger partial charge is 0.444 e. The number of hydrogen-bond acceptors (Lipinski definition) is 19. The van der Waals surface area contributed by atoms with Crippen LogP contribution in [-0.4, -0.2) is 180 Å². The lowest BCUT2D eigenvalue weighted by molar-refractivity contribution is 0.0138. The molecule has 4 aromatic carbocycles. The molecule has 4 fully saturated rings. The second-order valence-electron chi connectivity index (χ2n) is 31.0. The van der Waals surface area contributed by atoms with Crippen LogP contribution in [0.15, 0.2) is 134 Å². The smallest absolute Gasteiger partial charge is 0.410 e. The van der Waals surface area contributed by atoms with Crippen molar-refractivity contribution in [3.63, 3.8) is 0 Å². The molecule has 4 aliphatic rings. The molecule has 0 unspecified atom stereocenters. The van der Waals surface area contributed by atoms with Crippen LogP contribution >= 0.6 is 0 Å². The molecular weight excluding hydrogens is 1450 g/mol. The maximum atomic E-state index is 13.6. The zero-order valence-corrected chi connectivity index (χ0v) is 67.9. The summed E-state index contributed by atoms with van der Waals surface area (Å²) >= 11 is 0. The third-order valence-corrected chi connectivity index (χ3v) is 21.7. The van der Waals surface area contributed by atoms with Crippen LogP contribution in [0.2, 0.25) is 0 Å². The average molecular weight is 1560 g/mol. The molecule has 0 saturated carbocycles. The Labute approximate surface area is 673 Å². The molecule has 14 rings (SSSR count). The quantitative estimate of drug-likeness (QED) is 0.0265. The first kappa shape index (κ1) is 82.0. The number of piperazine rings is 2. The topological polar surface area (TPSA) is 294 Å². The summed E-state index contributed by atoms with van der Waals surface area (Å²) in [6, 6.07) is 40.1. The number of fused-ring (bicyclic) bond motifs is 2. The number of amides is 5. The van der Waals surface area contributed by atoms with Crippen LogP contribution in [0.4, 0.5) is 16.2 Å². The predicted octanol–water partition coefficient (Wildman–Crippen LogP) is 12.1. The molecule has 0 bridgehead atoms. The Bertz CT molecular complexity index is 5080. The summed E-state index contributed by atoms with van der Waals surface area (Å²) in [7, 11) is 0. The molecule has 4 saturated heterocycles. The van der Waals surface area contributed by atoms with Gasteiger partial charge in [-0.1, -0.05) is 86.6 Å². The van der Waals surface area contributed by atoms with E-state index in [2.05, 4.69) is 175 Å². The van der Waals surface area contributed by atoms with Gasteiger partial charge < -0.3 is 56.3 Å². The number of nitrogens with zero attached hydrogens (tertiary/aromatic N) is 11. The molecule has 10 heterocycles. The van der Waals surface area contributed by atoms with Gasteiger partial charge in [-0.25, -0.2) is 34.1 Å². The Morgan fingerprint density at radius 3 is 1.28 bits per heavy atom. The maximum absolute atomic E-state index is 13.6. The minimum Gasteiger partial charge on any atom is -0.444 e. The third kappa shape index (κ3) is 20.9. The molecule has 604 valence electrons. The monoisotopic (exact) mass is 1560 g/mol. The van der Waals surface area contributed by atoms with E-state index in [9.17, 15) is 24.0 Å². The SMILES string of the molecule is CCc1nc2c(cnn2CC)c(NC2CCOCC2)c1CNC(=O)c1cccc(C(=O)NCc2ccc(C)c(-c3cccc(CN4CCN(C(=O)OC(C)(C)C)CC4)c3)c2)n1.CCc1nc2c(cnn2CC)c(NC2CCOCC2)c1CNC(=O)c1cccc(C(=O)NCc2ccc(C)c(-c3cccc(CN4CCNCC4)c3)c2)n1. The summed E-state index contributed by atoms with van der Waals surface area (Å²) in [5, 5.41) is 34.1. The van der Waals surface area contributed by atoms with E-state index >= 15 is 0 Å². The summed E-state index contributed by atoms with van der Waals surface area (Å²) in [5.74, 6) is -1.46. The molecule has 115 heavy (non-hydrogen) atoms. The van der Waals surface area contributed by atoms with E-state index < -0.39 is 5.60 Å². The van der Waals surface area contributed by atoms with Gasteiger partial charge in [0, 0.05) is 166 Å². The minimum absolute atomic E-state index is 0.153.